The quantitative estimate of drug-likeness (QED) is 0.844. The summed E-state index contributed by atoms with van der Waals surface area (Å²) in [6.07, 6.45) is 1.02. The van der Waals surface area contributed by atoms with Gasteiger partial charge < -0.3 is 9.64 Å². The Morgan fingerprint density at radius 3 is 2.57 bits per heavy atom. The zero-order valence-electron chi connectivity index (χ0n) is 12.4. The van der Waals surface area contributed by atoms with Crippen molar-refractivity contribution in [2.45, 2.75) is 19.9 Å². The van der Waals surface area contributed by atoms with Crippen molar-refractivity contribution in [3.8, 4) is 11.8 Å². The van der Waals surface area contributed by atoms with E-state index in [1.54, 1.807) is 7.11 Å². The van der Waals surface area contributed by atoms with Crippen LogP contribution in [0.3, 0.4) is 0 Å². The van der Waals surface area contributed by atoms with Crippen molar-refractivity contribution in [2.75, 3.05) is 18.6 Å². The van der Waals surface area contributed by atoms with Gasteiger partial charge in [-0.2, -0.15) is 5.26 Å². The third-order valence-corrected chi connectivity index (χ3v) is 4.09. The number of hydrogen-bond acceptors (Lipinski definition) is 3. The van der Waals surface area contributed by atoms with E-state index in [1.165, 1.54) is 22.4 Å². The molecule has 106 valence electrons. The molecule has 0 fully saturated rings. The van der Waals surface area contributed by atoms with Gasteiger partial charge in [-0.25, -0.2) is 0 Å². The lowest BCUT2D eigenvalue weighted by atomic mass is 9.96. The molecule has 1 aliphatic heterocycles. The summed E-state index contributed by atoms with van der Waals surface area (Å²) in [7, 11) is 1.72. The minimum atomic E-state index is 0.705. The molecule has 3 nitrogen and oxygen atoms in total. The fraction of sp³-hybridized carbons (Fsp3) is 0.278. The van der Waals surface area contributed by atoms with Crippen LogP contribution in [0.2, 0.25) is 0 Å². The van der Waals surface area contributed by atoms with E-state index in [9.17, 15) is 0 Å². The highest BCUT2D eigenvalue weighted by Crippen LogP contribution is 2.29. The van der Waals surface area contributed by atoms with Gasteiger partial charge >= 0.3 is 0 Å². The number of methoxy groups -OCH3 is 1. The van der Waals surface area contributed by atoms with Crippen LogP contribution in [0.1, 0.15) is 22.3 Å². The molecule has 0 aromatic heterocycles. The molecule has 0 unspecified atom stereocenters. The van der Waals surface area contributed by atoms with Crippen molar-refractivity contribution >= 4 is 5.69 Å². The summed E-state index contributed by atoms with van der Waals surface area (Å²) >= 11 is 0. The average molecular weight is 278 g/mol. The summed E-state index contributed by atoms with van der Waals surface area (Å²) in [4.78, 5) is 2.36. The summed E-state index contributed by atoms with van der Waals surface area (Å²) in [6, 6.07) is 14.4. The van der Waals surface area contributed by atoms with Crippen LogP contribution in [-0.4, -0.2) is 13.7 Å². The molecule has 0 amide bonds. The Bertz CT molecular complexity index is 698. The molecule has 0 saturated carbocycles. The van der Waals surface area contributed by atoms with Crippen molar-refractivity contribution in [3.05, 3.63) is 58.7 Å². The molecule has 0 N–H and O–H groups in total. The first kappa shape index (κ1) is 13.5. The van der Waals surface area contributed by atoms with Crippen LogP contribution in [0, 0.1) is 18.3 Å². The van der Waals surface area contributed by atoms with Gasteiger partial charge in [-0.15, -0.1) is 0 Å². The van der Waals surface area contributed by atoms with Gasteiger partial charge in [-0.1, -0.05) is 6.07 Å². The highest BCUT2D eigenvalue weighted by Gasteiger charge is 2.18. The van der Waals surface area contributed by atoms with Crippen molar-refractivity contribution in [3.63, 3.8) is 0 Å². The number of aryl methyl sites for hydroxylation is 1. The fourth-order valence-electron chi connectivity index (χ4n) is 2.90. The molecule has 21 heavy (non-hydrogen) atoms. The molecular weight excluding hydrogens is 260 g/mol. The van der Waals surface area contributed by atoms with Crippen molar-refractivity contribution < 1.29 is 4.74 Å². The van der Waals surface area contributed by atoms with Crippen LogP contribution in [0.25, 0.3) is 0 Å². The number of nitrogens with zero attached hydrogens (tertiary/aromatic N) is 2. The van der Waals surface area contributed by atoms with Crippen molar-refractivity contribution in [1.82, 2.24) is 0 Å². The monoisotopic (exact) mass is 278 g/mol. The maximum atomic E-state index is 8.87. The first-order valence-corrected chi connectivity index (χ1v) is 7.13. The number of rotatable bonds is 2. The minimum Gasteiger partial charge on any atom is -0.496 e. The van der Waals surface area contributed by atoms with Gasteiger partial charge in [-0.3, -0.25) is 0 Å². The highest BCUT2D eigenvalue weighted by molar-refractivity contribution is 5.53. The zero-order chi connectivity index (χ0) is 14.8. The molecule has 0 radical (unpaired) electrons. The first-order valence-electron chi connectivity index (χ1n) is 7.13. The number of ether oxygens (including phenoxy) is 1. The summed E-state index contributed by atoms with van der Waals surface area (Å²) in [6.45, 7) is 3.98. The topological polar surface area (TPSA) is 36.3 Å². The molecule has 0 aliphatic carbocycles. The van der Waals surface area contributed by atoms with Gasteiger partial charge in [0.05, 0.1) is 18.7 Å². The SMILES string of the molecule is COc1cc2c(cc1C)CN(c1ccc(C#N)cc1)CC2. The Morgan fingerprint density at radius 1 is 1.14 bits per heavy atom. The minimum absolute atomic E-state index is 0.705. The van der Waals surface area contributed by atoms with Gasteiger partial charge in [0.1, 0.15) is 5.75 Å². The predicted octanol–water partition coefficient (Wildman–Crippen LogP) is 3.44. The molecule has 1 heterocycles. The van der Waals surface area contributed by atoms with Gasteiger partial charge in [0, 0.05) is 18.8 Å². The van der Waals surface area contributed by atoms with E-state index in [0.717, 1.165) is 25.3 Å². The van der Waals surface area contributed by atoms with Crippen LogP contribution in [-0.2, 0) is 13.0 Å². The van der Waals surface area contributed by atoms with Gasteiger partial charge in [-0.05, 0) is 60.4 Å². The van der Waals surface area contributed by atoms with E-state index in [2.05, 4.69) is 30.0 Å². The molecule has 1 aliphatic rings. The molecule has 3 heteroatoms. The summed E-state index contributed by atoms with van der Waals surface area (Å²) in [5.41, 5.74) is 5.80. The molecule has 0 atom stereocenters. The maximum Gasteiger partial charge on any atom is 0.122 e. The summed E-state index contributed by atoms with van der Waals surface area (Å²) in [5, 5.41) is 8.87. The number of benzene rings is 2. The highest BCUT2D eigenvalue weighted by atomic mass is 16.5. The average Bonchev–Trinajstić information content (AvgIpc) is 2.53. The van der Waals surface area contributed by atoms with Crippen LogP contribution in [0.15, 0.2) is 36.4 Å². The number of anilines is 1. The Morgan fingerprint density at radius 2 is 1.90 bits per heavy atom. The normalized spacial score (nSPS) is 13.5. The second-order valence-electron chi connectivity index (χ2n) is 5.42. The van der Waals surface area contributed by atoms with E-state index < -0.39 is 0 Å². The molecule has 0 bridgehead atoms. The molecule has 2 aromatic carbocycles. The lowest BCUT2D eigenvalue weighted by Gasteiger charge is -2.31. The summed E-state index contributed by atoms with van der Waals surface area (Å²) < 4.78 is 5.40. The van der Waals surface area contributed by atoms with E-state index in [-0.39, 0.29) is 0 Å². The Kier molecular flexibility index (Phi) is 3.53. The first-order chi connectivity index (χ1) is 10.2. The number of fused-ring (bicyclic) bond motifs is 1. The molecular formula is C18H18N2O. The van der Waals surface area contributed by atoms with Crippen LogP contribution >= 0.6 is 0 Å². The second kappa shape index (κ2) is 5.49. The lowest BCUT2D eigenvalue weighted by Crippen LogP contribution is -2.30. The fourth-order valence-corrected chi connectivity index (χ4v) is 2.90. The summed E-state index contributed by atoms with van der Waals surface area (Å²) in [5.74, 6) is 0.973. The van der Waals surface area contributed by atoms with E-state index in [4.69, 9.17) is 10.00 Å². The third kappa shape index (κ3) is 2.57. The standard InChI is InChI=1S/C18H18N2O/c1-13-9-16-12-20(8-7-15(16)10-18(13)21-2)17-5-3-14(11-19)4-6-17/h3-6,9-10H,7-8,12H2,1-2H3. The number of nitriles is 1. The van der Waals surface area contributed by atoms with E-state index in [0.29, 0.717) is 5.56 Å². The third-order valence-electron chi connectivity index (χ3n) is 4.09. The predicted molar refractivity (Wildman–Crippen MR) is 83.6 cm³/mol. The Hall–Kier alpha value is -2.47. The largest absolute Gasteiger partial charge is 0.496 e. The van der Waals surface area contributed by atoms with E-state index >= 15 is 0 Å². The molecule has 0 spiro atoms. The number of hydrogen-bond donors (Lipinski definition) is 0. The van der Waals surface area contributed by atoms with Gasteiger partial charge in [0.15, 0.2) is 0 Å². The van der Waals surface area contributed by atoms with Crippen molar-refractivity contribution in [1.29, 1.82) is 5.26 Å². The van der Waals surface area contributed by atoms with Gasteiger partial charge in [0.2, 0.25) is 0 Å². The smallest absolute Gasteiger partial charge is 0.122 e. The van der Waals surface area contributed by atoms with Gasteiger partial charge in [0.25, 0.3) is 0 Å². The Balaban J connectivity index is 1.86. The zero-order valence-corrected chi connectivity index (χ0v) is 12.4. The molecule has 0 saturated heterocycles. The van der Waals surface area contributed by atoms with Crippen LogP contribution in [0.4, 0.5) is 5.69 Å². The van der Waals surface area contributed by atoms with Crippen LogP contribution < -0.4 is 9.64 Å². The van der Waals surface area contributed by atoms with Crippen molar-refractivity contribution in [2.24, 2.45) is 0 Å². The lowest BCUT2D eigenvalue weighted by molar-refractivity contribution is 0.410. The van der Waals surface area contributed by atoms with E-state index in [1.807, 2.05) is 24.3 Å². The maximum absolute atomic E-state index is 8.87. The molecule has 2 aromatic rings. The van der Waals surface area contributed by atoms with Crippen LogP contribution in [0.5, 0.6) is 5.75 Å². The Labute approximate surface area is 125 Å². The second-order valence-corrected chi connectivity index (χ2v) is 5.42. The molecule has 3 rings (SSSR count).